The molecule has 0 saturated heterocycles. The van der Waals surface area contributed by atoms with E-state index in [0.717, 1.165) is 0 Å². The van der Waals surface area contributed by atoms with Gasteiger partial charge in [-0.15, -0.1) is 0 Å². The van der Waals surface area contributed by atoms with Crippen LogP contribution < -0.4 is 5.73 Å². The van der Waals surface area contributed by atoms with E-state index in [0.29, 0.717) is 12.4 Å². The summed E-state index contributed by atoms with van der Waals surface area (Å²) in [5, 5.41) is 9.59. The van der Waals surface area contributed by atoms with Gasteiger partial charge in [-0.3, -0.25) is 4.99 Å². The zero-order valence-corrected chi connectivity index (χ0v) is 8.76. The Morgan fingerprint density at radius 3 is 2.27 bits per heavy atom. The molecule has 0 amide bonds. The highest BCUT2D eigenvalue weighted by Gasteiger charge is 2.27. The summed E-state index contributed by atoms with van der Waals surface area (Å²) in [4.78, 5) is 3.97. The summed E-state index contributed by atoms with van der Waals surface area (Å²) in [6.07, 6.45) is 0. The number of rotatable bonds is 3. The van der Waals surface area contributed by atoms with Gasteiger partial charge in [-0.1, -0.05) is 19.6 Å². The molecule has 3 N–H and O–H groups in total. The first-order chi connectivity index (χ1) is 4.89. The van der Waals surface area contributed by atoms with Crippen LogP contribution in [0, 0.1) is 0 Å². The first-order valence-electron chi connectivity index (χ1n) is 3.87. The van der Waals surface area contributed by atoms with E-state index in [2.05, 4.69) is 24.6 Å². The highest BCUT2D eigenvalue weighted by Crippen LogP contribution is 2.07. The van der Waals surface area contributed by atoms with E-state index >= 15 is 0 Å². The van der Waals surface area contributed by atoms with Gasteiger partial charge in [0.05, 0.1) is 13.8 Å². The van der Waals surface area contributed by atoms with Gasteiger partial charge >= 0.3 is 0 Å². The lowest BCUT2D eigenvalue weighted by molar-refractivity contribution is 0.306. The maximum atomic E-state index is 9.59. The second-order valence-corrected chi connectivity index (χ2v) is 8.95. The molecule has 0 aliphatic rings. The van der Waals surface area contributed by atoms with Gasteiger partial charge in [-0.05, 0) is 6.92 Å². The van der Waals surface area contributed by atoms with Crippen LogP contribution in [0.4, 0.5) is 0 Å². The Morgan fingerprint density at radius 1 is 1.55 bits per heavy atom. The van der Waals surface area contributed by atoms with E-state index in [9.17, 15) is 5.11 Å². The number of nitrogens with two attached hydrogens (primary N) is 1. The van der Waals surface area contributed by atoms with Crippen molar-refractivity contribution in [3.63, 3.8) is 0 Å². The molecule has 11 heavy (non-hydrogen) atoms. The predicted molar refractivity (Wildman–Crippen MR) is 51.5 cm³/mol. The number of hydrogen-bond acceptors (Lipinski definition) is 2. The summed E-state index contributed by atoms with van der Waals surface area (Å²) in [6.45, 7) is 8.75. The molecule has 0 rings (SSSR count). The maximum absolute atomic E-state index is 9.59. The predicted octanol–water partition coefficient (Wildman–Crippen LogP) is 0.602. The van der Waals surface area contributed by atoms with Crippen molar-refractivity contribution in [1.29, 1.82) is 0 Å². The van der Waals surface area contributed by atoms with Gasteiger partial charge < -0.3 is 10.8 Å². The summed E-state index contributed by atoms with van der Waals surface area (Å²) >= 11 is 0. The van der Waals surface area contributed by atoms with Crippen LogP contribution in [0.3, 0.4) is 0 Å². The fraction of sp³-hybridized carbons (Fsp3) is 0.857. The molecule has 3 nitrogen and oxygen atoms in total. The number of aliphatic imine (C=N–C) groups is 1. The lowest BCUT2D eigenvalue weighted by Gasteiger charge is -2.22. The molecular formula is C7H18N2OSi. The minimum atomic E-state index is -1.56. The number of aliphatic hydroxyl groups is 1. The maximum Gasteiger partial charge on any atom is 0.119 e. The third-order valence-electron chi connectivity index (χ3n) is 1.44. The fourth-order valence-electron chi connectivity index (χ4n) is 0.713. The molecular weight excluding hydrogens is 156 g/mol. The summed E-state index contributed by atoms with van der Waals surface area (Å²) in [5.41, 5.74) is 5.05. The Labute approximate surface area is 69.3 Å². The lowest BCUT2D eigenvalue weighted by Crippen LogP contribution is -2.47. The molecule has 0 saturated carbocycles. The van der Waals surface area contributed by atoms with E-state index in [1.165, 1.54) is 0 Å². The second kappa shape index (κ2) is 3.87. The summed E-state index contributed by atoms with van der Waals surface area (Å²) in [6, 6.07) is 0. The van der Waals surface area contributed by atoms with E-state index in [4.69, 9.17) is 5.73 Å². The first kappa shape index (κ1) is 10.6. The number of amidine groups is 1. The summed E-state index contributed by atoms with van der Waals surface area (Å²) in [5.74, 6) is 0.395. The van der Waals surface area contributed by atoms with Crippen LogP contribution in [0.2, 0.25) is 19.6 Å². The number of nitrogens with zero attached hydrogens (tertiary/aromatic N) is 1. The zero-order chi connectivity index (χ0) is 9.07. The zero-order valence-electron chi connectivity index (χ0n) is 7.76. The van der Waals surface area contributed by atoms with Crippen LogP contribution in [0.5, 0.6) is 0 Å². The highest BCUT2D eigenvalue weighted by atomic mass is 28.3. The van der Waals surface area contributed by atoms with Crippen LogP contribution in [0.25, 0.3) is 0 Å². The molecule has 0 aromatic heterocycles. The van der Waals surface area contributed by atoms with Crippen LogP contribution in [-0.4, -0.2) is 31.3 Å². The largest absolute Gasteiger partial charge is 0.389 e. The van der Waals surface area contributed by atoms with E-state index in [1.807, 2.05) is 6.92 Å². The molecule has 66 valence electrons. The Morgan fingerprint density at radius 2 is 2.00 bits per heavy atom. The fourth-order valence-corrected chi connectivity index (χ4v) is 1.69. The molecule has 0 spiro atoms. The molecule has 4 heteroatoms. The Hall–Kier alpha value is -0.353. The molecule has 0 fully saturated rings. The number of aliphatic hydroxyl groups excluding tert-OH is 1. The molecule has 0 aliphatic heterocycles. The van der Waals surface area contributed by atoms with Gasteiger partial charge in [-0.2, -0.15) is 0 Å². The third kappa shape index (κ3) is 3.53. The highest BCUT2D eigenvalue weighted by molar-refractivity contribution is 6.80. The van der Waals surface area contributed by atoms with Gasteiger partial charge in [0.25, 0.3) is 0 Å². The third-order valence-corrected chi connectivity index (χ3v) is 3.38. The minimum absolute atomic E-state index is 0.395. The van der Waals surface area contributed by atoms with Gasteiger partial charge in [-0.25, -0.2) is 0 Å². The van der Waals surface area contributed by atoms with E-state index < -0.39 is 13.8 Å². The summed E-state index contributed by atoms with van der Waals surface area (Å²) < 4.78 is 0. The van der Waals surface area contributed by atoms with Crippen molar-refractivity contribution in [1.82, 2.24) is 0 Å². The van der Waals surface area contributed by atoms with Crippen molar-refractivity contribution in [2.24, 2.45) is 10.7 Å². The van der Waals surface area contributed by atoms with Crippen molar-refractivity contribution in [3.05, 3.63) is 0 Å². The lowest BCUT2D eigenvalue weighted by atomic mass is 10.6. The van der Waals surface area contributed by atoms with E-state index in [-0.39, 0.29) is 0 Å². The molecule has 0 radical (unpaired) electrons. The average molecular weight is 174 g/mol. The normalized spacial score (nSPS) is 16.6. The Balaban J connectivity index is 4.25. The van der Waals surface area contributed by atoms with Crippen LogP contribution in [0.1, 0.15) is 6.92 Å². The van der Waals surface area contributed by atoms with Gasteiger partial charge in [0, 0.05) is 6.54 Å². The van der Waals surface area contributed by atoms with Gasteiger partial charge in [0.2, 0.25) is 0 Å². The molecule has 1 unspecified atom stereocenters. The molecule has 0 bridgehead atoms. The van der Waals surface area contributed by atoms with E-state index in [1.54, 1.807) is 0 Å². The van der Waals surface area contributed by atoms with Crippen LogP contribution in [0.15, 0.2) is 4.99 Å². The molecule has 0 heterocycles. The monoisotopic (exact) mass is 174 g/mol. The van der Waals surface area contributed by atoms with Crippen molar-refractivity contribution in [3.8, 4) is 0 Å². The van der Waals surface area contributed by atoms with Crippen molar-refractivity contribution < 1.29 is 5.11 Å². The topological polar surface area (TPSA) is 58.6 Å². The van der Waals surface area contributed by atoms with Gasteiger partial charge in [0.15, 0.2) is 0 Å². The first-order valence-corrected chi connectivity index (χ1v) is 7.45. The second-order valence-electron chi connectivity index (χ2n) is 3.67. The van der Waals surface area contributed by atoms with Crippen molar-refractivity contribution in [2.75, 3.05) is 6.54 Å². The smallest absolute Gasteiger partial charge is 0.119 e. The molecule has 0 aromatic rings. The van der Waals surface area contributed by atoms with Crippen molar-refractivity contribution >= 4 is 13.9 Å². The van der Waals surface area contributed by atoms with Crippen LogP contribution in [-0.2, 0) is 0 Å². The minimum Gasteiger partial charge on any atom is -0.389 e. The van der Waals surface area contributed by atoms with Crippen LogP contribution >= 0.6 is 0 Å². The van der Waals surface area contributed by atoms with Gasteiger partial charge in [0.1, 0.15) is 5.84 Å². The SMILES string of the molecule is CCN=C(N)C(O)[Si](C)(C)C. The summed E-state index contributed by atoms with van der Waals surface area (Å²) in [7, 11) is -1.56. The molecule has 0 aliphatic carbocycles. The number of hydrogen-bond donors (Lipinski definition) is 2. The molecule has 0 aromatic carbocycles. The Bertz CT molecular complexity index is 151. The van der Waals surface area contributed by atoms with Crippen molar-refractivity contribution in [2.45, 2.75) is 32.3 Å². The molecule has 1 atom stereocenters. The standard InChI is InChI=1S/C7H18N2OSi/c1-5-9-6(8)7(10)11(2,3)4/h7,10H,5H2,1-4H3,(H2,8,9). The average Bonchev–Trinajstić information content (AvgIpc) is 1.85. The Kier molecular flexibility index (Phi) is 3.75. The quantitative estimate of drug-likeness (QED) is 0.374.